The van der Waals surface area contributed by atoms with E-state index in [0.717, 1.165) is 36.3 Å². The van der Waals surface area contributed by atoms with E-state index in [1.54, 1.807) is 6.92 Å². The second-order valence-electron chi connectivity index (χ2n) is 7.03. The number of rotatable bonds is 5. The van der Waals surface area contributed by atoms with Crippen molar-refractivity contribution in [2.24, 2.45) is 0 Å². The van der Waals surface area contributed by atoms with E-state index in [-0.39, 0.29) is 4.88 Å². The van der Waals surface area contributed by atoms with E-state index in [0.29, 0.717) is 29.1 Å². The zero-order chi connectivity index (χ0) is 21.9. The van der Waals surface area contributed by atoms with Crippen LogP contribution in [0.2, 0.25) is 0 Å². The summed E-state index contributed by atoms with van der Waals surface area (Å²) in [6.07, 6.45) is -1.61. The highest BCUT2D eigenvalue weighted by Crippen LogP contribution is 2.33. The molecule has 1 aliphatic carbocycles. The molecule has 1 aromatic carbocycles. The van der Waals surface area contributed by atoms with Crippen LogP contribution in [0.15, 0.2) is 24.3 Å². The first-order valence-electron chi connectivity index (χ1n) is 9.18. The van der Waals surface area contributed by atoms with Gasteiger partial charge in [-0.2, -0.15) is 18.4 Å². The number of nitrogens with one attached hydrogen (secondary N) is 1. The molecule has 1 aromatic heterocycles. The van der Waals surface area contributed by atoms with Crippen LogP contribution in [-0.2, 0) is 15.7 Å². The smallest absolute Gasteiger partial charge is 0.416 e. The lowest BCUT2D eigenvalue weighted by molar-refractivity contribution is -0.137. The number of hydrogen-bond acceptors (Lipinski definition) is 6. The van der Waals surface area contributed by atoms with Gasteiger partial charge in [0.2, 0.25) is 0 Å². The normalized spacial score (nSPS) is 15.4. The summed E-state index contributed by atoms with van der Waals surface area (Å²) in [5, 5.41) is 12.3. The van der Waals surface area contributed by atoms with Crippen LogP contribution in [0.5, 0.6) is 0 Å². The minimum atomic E-state index is -4.44. The van der Waals surface area contributed by atoms with Crippen molar-refractivity contribution in [2.45, 2.75) is 44.3 Å². The summed E-state index contributed by atoms with van der Waals surface area (Å²) in [4.78, 5) is 28.8. The van der Waals surface area contributed by atoms with Crippen LogP contribution < -0.4 is 5.32 Å². The van der Waals surface area contributed by atoms with Gasteiger partial charge in [-0.25, -0.2) is 9.78 Å². The molecular weight excluding hydrogens is 419 g/mol. The van der Waals surface area contributed by atoms with Gasteiger partial charge < -0.3 is 10.1 Å². The molecule has 30 heavy (non-hydrogen) atoms. The lowest BCUT2D eigenvalue weighted by atomic mass is 10.00. The highest BCUT2D eigenvalue weighted by molar-refractivity contribution is 7.17. The van der Waals surface area contributed by atoms with Gasteiger partial charge in [-0.15, -0.1) is 11.3 Å². The van der Waals surface area contributed by atoms with Crippen molar-refractivity contribution in [3.05, 3.63) is 40.4 Å². The number of nitrogens with zero attached hydrogens (tertiary/aromatic N) is 2. The number of thiazole rings is 1. The first kappa shape index (κ1) is 21.8. The average Bonchev–Trinajstić information content (AvgIpc) is 3.33. The second-order valence-corrected chi connectivity index (χ2v) is 8.03. The van der Waals surface area contributed by atoms with Crippen LogP contribution in [0.3, 0.4) is 0 Å². The number of carbonyl (C=O) groups excluding carboxylic acids is 2. The molecule has 0 saturated heterocycles. The maximum absolute atomic E-state index is 12.7. The fraction of sp³-hybridized carbons (Fsp3) is 0.400. The molecule has 0 spiro atoms. The standard InChI is InChI=1S/C20H18F3N3O3S/c1-12-16(18(28)29-10-15(27)26-19(11-24)8-2-3-9-19)30-17(25-12)13-4-6-14(7-5-13)20(21,22)23/h4-7H,2-3,8-10H2,1H3,(H,26,27). The Kier molecular flexibility index (Phi) is 6.12. The fourth-order valence-corrected chi connectivity index (χ4v) is 4.22. The van der Waals surface area contributed by atoms with E-state index in [2.05, 4.69) is 16.4 Å². The number of carbonyl (C=O) groups is 2. The predicted molar refractivity (Wildman–Crippen MR) is 103 cm³/mol. The first-order valence-corrected chi connectivity index (χ1v) is 10.00. The number of halogens is 3. The largest absolute Gasteiger partial charge is 0.451 e. The van der Waals surface area contributed by atoms with Crippen LogP contribution in [0, 0.1) is 18.3 Å². The molecule has 1 heterocycles. The van der Waals surface area contributed by atoms with E-state index < -0.39 is 35.8 Å². The Bertz CT molecular complexity index is 987. The Hall–Kier alpha value is -2.93. The van der Waals surface area contributed by atoms with Crippen LogP contribution in [0.1, 0.15) is 46.6 Å². The van der Waals surface area contributed by atoms with Gasteiger partial charge in [-0.05, 0) is 44.7 Å². The van der Waals surface area contributed by atoms with Gasteiger partial charge >= 0.3 is 12.1 Å². The van der Waals surface area contributed by atoms with E-state index >= 15 is 0 Å². The number of benzene rings is 1. The summed E-state index contributed by atoms with van der Waals surface area (Å²) in [5.41, 5.74) is -0.892. The summed E-state index contributed by atoms with van der Waals surface area (Å²) in [5.74, 6) is -1.31. The Morgan fingerprint density at radius 2 is 1.90 bits per heavy atom. The highest BCUT2D eigenvalue weighted by Gasteiger charge is 2.35. The predicted octanol–water partition coefficient (Wildman–Crippen LogP) is 4.25. The molecule has 1 N–H and O–H groups in total. The van der Waals surface area contributed by atoms with Crippen molar-refractivity contribution >= 4 is 23.2 Å². The van der Waals surface area contributed by atoms with Gasteiger partial charge in [0, 0.05) is 5.56 Å². The van der Waals surface area contributed by atoms with Gasteiger partial charge in [0.05, 0.1) is 17.3 Å². The van der Waals surface area contributed by atoms with Crippen LogP contribution in [-0.4, -0.2) is 29.0 Å². The SMILES string of the molecule is Cc1nc(-c2ccc(C(F)(F)F)cc2)sc1C(=O)OCC(=O)NC1(C#N)CCCC1. The minimum Gasteiger partial charge on any atom is -0.451 e. The van der Waals surface area contributed by atoms with Crippen LogP contribution in [0.25, 0.3) is 10.6 Å². The van der Waals surface area contributed by atoms with Gasteiger partial charge in [0.1, 0.15) is 15.4 Å². The van der Waals surface area contributed by atoms with Crippen molar-refractivity contribution in [3.63, 3.8) is 0 Å². The van der Waals surface area contributed by atoms with E-state index in [9.17, 15) is 28.0 Å². The summed E-state index contributed by atoms with van der Waals surface area (Å²) in [6.45, 7) is 1.04. The third-order valence-electron chi connectivity index (χ3n) is 4.83. The number of aromatic nitrogens is 1. The maximum Gasteiger partial charge on any atom is 0.416 e. The Morgan fingerprint density at radius 1 is 1.27 bits per heavy atom. The van der Waals surface area contributed by atoms with Crippen molar-refractivity contribution in [1.29, 1.82) is 5.26 Å². The monoisotopic (exact) mass is 437 g/mol. The number of amides is 1. The molecule has 0 aliphatic heterocycles. The molecule has 158 valence electrons. The number of esters is 1. The molecule has 6 nitrogen and oxygen atoms in total. The van der Waals surface area contributed by atoms with E-state index in [1.165, 1.54) is 12.1 Å². The summed E-state index contributed by atoms with van der Waals surface area (Å²) in [7, 11) is 0. The van der Waals surface area contributed by atoms with Crippen molar-refractivity contribution in [3.8, 4) is 16.6 Å². The van der Waals surface area contributed by atoms with E-state index in [1.807, 2.05) is 0 Å². The summed E-state index contributed by atoms with van der Waals surface area (Å²) < 4.78 is 43.1. The quantitative estimate of drug-likeness (QED) is 0.706. The van der Waals surface area contributed by atoms with Gasteiger partial charge in [-0.3, -0.25) is 4.79 Å². The molecule has 0 bridgehead atoms. The fourth-order valence-electron chi connectivity index (χ4n) is 3.25. The number of hydrogen-bond donors (Lipinski definition) is 1. The highest BCUT2D eigenvalue weighted by atomic mass is 32.1. The molecule has 1 saturated carbocycles. The molecule has 1 fully saturated rings. The minimum absolute atomic E-state index is 0.161. The van der Waals surface area contributed by atoms with Crippen molar-refractivity contribution in [1.82, 2.24) is 10.3 Å². The molecule has 0 radical (unpaired) electrons. The van der Waals surface area contributed by atoms with Crippen molar-refractivity contribution in [2.75, 3.05) is 6.61 Å². The number of aryl methyl sites for hydroxylation is 1. The Balaban J connectivity index is 1.64. The van der Waals surface area contributed by atoms with Gasteiger partial charge in [0.15, 0.2) is 6.61 Å². The van der Waals surface area contributed by atoms with Crippen LogP contribution >= 0.6 is 11.3 Å². The third-order valence-corrected chi connectivity index (χ3v) is 6.01. The van der Waals surface area contributed by atoms with Crippen LogP contribution in [0.4, 0.5) is 13.2 Å². The molecule has 2 aromatic rings. The number of ether oxygens (including phenoxy) is 1. The molecule has 1 amide bonds. The van der Waals surface area contributed by atoms with Gasteiger partial charge in [-0.1, -0.05) is 12.1 Å². The second kappa shape index (κ2) is 8.44. The number of alkyl halides is 3. The molecule has 0 unspecified atom stereocenters. The average molecular weight is 437 g/mol. The summed E-state index contributed by atoms with van der Waals surface area (Å²) >= 11 is 0.971. The topological polar surface area (TPSA) is 92.1 Å². The zero-order valence-corrected chi connectivity index (χ0v) is 16.8. The molecule has 3 rings (SSSR count). The first-order chi connectivity index (χ1) is 14.1. The lowest BCUT2D eigenvalue weighted by Gasteiger charge is -2.21. The maximum atomic E-state index is 12.7. The van der Waals surface area contributed by atoms with E-state index in [4.69, 9.17) is 4.74 Å². The molecular formula is C20H18F3N3O3S. The third kappa shape index (κ3) is 4.79. The zero-order valence-electron chi connectivity index (χ0n) is 16.0. The Morgan fingerprint density at radius 3 is 2.47 bits per heavy atom. The molecule has 0 atom stereocenters. The molecule has 1 aliphatic rings. The number of nitriles is 1. The van der Waals surface area contributed by atoms with Gasteiger partial charge in [0.25, 0.3) is 5.91 Å². The lowest BCUT2D eigenvalue weighted by Crippen LogP contribution is -2.46. The Labute approximate surface area is 174 Å². The molecule has 10 heteroatoms. The summed E-state index contributed by atoms with van der Waals surface area (Å²) in [6, 6.07) is 6.58. The van der Waals surface area contributed by atoms with Crippen molar-refractivity contribution < 1.29 is 27.5 Å².